The zero-order chi connectivity index (χ0) is 27.7. The lowest BCUT2D eigenvalue weighted by molar-refractivity contribution is -0.137. The van der Waals surface area contributed by atoms with Gasteiger partial charge in [0.05, 0.1) is 27.5 Å². The summed E-state index contributed by atoms with van der Waals surface area (Å²) in [7, 11) is -4.03. The molecule has 15 heteroatoms. The van der Waals surface area contributed by atoms with Gasteiger partial charge in [-0.1, -0.05) is 6.07 Å². The minimum atomic E-state index is -4.57. The first kappa shape index (κ1) is 28.4. The average molecular weight is 589 g/mol. The zero-order valence-corrected chi connectivity index (χ0v) is 22.3. The maximum absolute atomic E-state index is 13.4. The number of nitrogens with two attached hydrogens (primary N) is 1. The van der Waals surface area contributed by atoms with E-state index in [1.807, 2.05) is 0 Å². The van der Waals surface area contributed by atoms with Crippen molar-refractivity contribution in [1.29, 1.82) is 0 Å². The largest absolute Gasteiger partial charge is 0.606 e. The molecule has 9 nitrogen and oxygen atoms in total. The van der Waals surface area contributed by atoms with Gasteiger partial charge in [-0.15, -0.1) is 11.3 Å². The molecule has 1 aliphatic carbocycles. The fourth-order valence-corrected chi connectivity index (χ4v) is 7.02. The fourth-order valence-electron chi connectivity index (χ4n) is 4.16. The molecule has 3 aromatic rings. The molecule has 4 rings (SSSR count). The molecule has 1 saturated carbocycles. The number of nitrogens with one attached hydrogen (secondary N) is 1. The Morgan fingerprint density at radius 2 is 2.08 bits per heavy atom. The van der Waals surface area contributed by atoms with Gasteiger partial charge in [0, 0.05) is 35.5 Å². The lowest BCUT2D eigenvalue weighted by Gasteiger charge is -2.15. The number of nitrogens with zero attached hydrogens (tertiary/aromatic N) is 2. The first-order chi connectivity index (χ1) is 17.8. The van der Waals surface area contributed by atoms with Crippen molar-refractivity contribution in [2.24, 2.45) is 11.1 Å². The Morgan fingerprint density at radius 1 is 1.32 bits per heavy atom. The molecule has 1 fully saturated rings. The number of hydrogen-bond donors (Lipinski definition) is 2. The minimum absolute atomic E-state index is 0.0210. The highest BCUT2D eigenvalue weighted by molar-refractivity contribution is 7.91. The molecule has 1 aromatic carbocycles. The maximum atomic E-state index is 13.4. The summed E-state index contributed by atoms with van der Waals surface area (Å²) in [6, 6.07) is 5.60. The first-order valence-corrected chi connectivity index (χ1v) is 14.7. The molecule has 0 bridgehead atoms. The number of anilines is 1. The summed E-state index contributed by atoms with van der Waals surface area (Å²) in [6.45, 7) is 1.61. The number of carbonyl (C=O) groups is 1. The summed E-state index contributed by atoms with van der Waals surface area (Å²) >= 11 is -0.852. The Morgan fingerprint density at radius 3 is 2.79 bits per heavy atom. The highest BCUT2D eigenvalue weighted by atomic mass is 32.2. The summed E-state index contributed by atoms with van der Waals surface area (Å²) < 4.78 is 79.2. The summed E-state index contributed by atoms with van der Waals surface area (Å²) in [5.41, 5.74) is -0.732. The highest BCUT2D eigenvalue weighted by Gasteiger charge is 2.33. The third-order valence-electron chi connectivity index (χ3n) is 5.98. The van der Waals surface area contributed by atoms with Crippen LogP contribution in [0, 0.1) is 12.8 Å². The van der Waals surface area contributed by atoms with Crippen LogP contribution in [0.4, 0.5) is 19.0 Å². The first-order valence-electron chi connectivity index (χ1n) is 11.3. The van der Waals surface area contributed by atoms with E-state index in [1.165, 1.54) is 30.7 Å². The van der Waals surface area contributed by atoms with Crippen LogP contribution in [0.2, 0.25) is 0 Å². The molecule has 38 heavy (non-hydrogen) atoms. The van der Waals surface area contributed by atoms with E-state index < -0.39 is 39.0 Å². The predicted molar refractivity (Wildman–Crippen MR) is 134 cm³/mol. The second-order valence-corrected chi connectivity index (χ2v) is 12.7. The number of aryl methyl sites for hydroxylation is 1. The zero-order valence-electron chi connectivity index (χ0n) is 19.9. The van der Waals surface area contributed by atoms with Gasteiger partial charge in [-0.2, -0.15) is 21.6 Å². The molecular formula is C23H23F3N4O5S3. The van der Waals surface area contributed by atoms with E-state index in [4.69, 9.17) is 5.14 Å². The van der Waals surface area contributed by atoms with Gasteiger partial charge in [-0.3, -0.25) is 8.98 Å². The second kappa shape index (κ2) is 11.3. The Balaban J connectivity index is 1.51. The summed E-state index contributed by atoms with van der Waals surface area (Å²) in [5, 5.41) is 8.09. The lowest BCUT2D eigenvalue weighted by atomic mass is 10.1. The van der Waals surface area contributed by atoms with Crippen molar-refractivity contribution in [3.63, 3.8) is 0 Å². The van der Waals surface area contributed by atoms with Crippen LogP contribution in [0.25, 0.3) is 0 Å². The standard InChI is InChI=1S/C23H23F3N4O5S3/c1-13-20(37(32)17-4-2-3-15(8-17)23(24,25)26)9-19(36-13)21(31)18-10-28-12-29-22(18)30-16-6-5-14(7-16)11-35-38(27,33)34/h2-4,8-10,12,14,16H,5-7,11H2,1H3,(H2,27,33,34)(H,28,29,30)/t14-,16+,37?/m1/s1. The van der Waals surface area contributed by atoms with Crippen molar-refractivity contribution >= 4 is 44.4 Å². The van der Waals surface area contributed by atoms with E-state index in [0.717, 1.165) is 23.5 Å². The SMILES string of the molecule is Cc1sc(C(=O)c2cncnc2N[C@H]2CC[C@@H](COS(N)(=O)=O)C2)cc1[S+]([O-])c1cccc(C(F)(F)F)c1. The van der Waals surface area contributed by atoms with Crippen LogP contribution < -0.4 is 10.5 Å². The van der Waals surface area contributed by atoms with Crippen molar-refractivity contribution in [2.75, 3.05) is 11.9 Å². The van der Waals surface area contributed by atoms with E-state index in [2.05, 4.69) is 19.5 Å². The average Bonchev–Trinajstić information content (AvgIpc) is 3.47. The van der Waals surface area contributed by atoms with Crippen LogP contribution in [0.15, 0.2) is 52.6 Å². The number of carbonyl (C=O) groups excluding carboxylic acids is 1. The van der Waals surface area contributed by atoms with Crippen molar-refractivity contribution in [3.8, 4) is 0 Å². The normalized spacial score (nSPS) is 18.9. The van der Waals surface area contributed by atoms with Crippen molar-refractivity contribution in [3.05, 3.63) is 63.7 Å². The molecule has 3 N–H and O–H groups in total. The summed E-state index contributed by atoms with van der Waals surface area (Å²) in [5.74, 6) is -0.185. The van der Waals surface area contributed by atoms with E-state index >= 15 is 0 Å². The fraction of sp³-hybridized carbons (Fsp3) is 0.348. The minimum Gasteiger partial charge on any atom is -0.606 e. The number of rotatable bonds is 9. The lowest BCUT2D eigenvalue weighted by Crippen LogP contribution is -2.22. The van der Waals surface area contributed by atoms with Gasteiger partial charge < -0.3 is 9.87 Å². The molecular weight excluding hydrogens is 565 g/mol. The predicted octanol–water partition coefficient (Wildman–Crippen LogP) is 4.06. The smallest absolute Gasteiger partial charge is 0.416 e. The number of ketones is 1. The number of aromatic nitrogens is 2. The quantitative estimate of drug-likeness (QED) is 0.281. The summed E-state index contributed by atoms with van der Waals surface area (Å²) in [6.07, 6.45) is 0.0165. The molecule has 1 unspecified atom stereocenters. The maximum Gasteiger partial charge on any atom is 0.416 e. The van der Waals surface area contributed by atoms with Gasteiger partial charge in [0.25, 0.3) is 0 Å². The number of thiophene rings is 1. The van der Waals surface area contributed by atoms with Crippen LogP contribution in [0.3, 0.4) is 0 Å². The van der Waals surface area contributed by atoms with Crippen molar-refractivity contribution < 1.29 is 35.1 Å². The molecule has 0 aliphatic heterocycles. The molecule has 0 spiro atoms. The molecule has 3 atom stereocenters. The van der Waals surface area contributed by atoms with Crippen LogP contribution >= 0.6 is 11.3 Å². The molecule has 0 radical (unpaired) electrons. The molecule has 0 amide bonds. The third kappa shape index (κ3) is 6.90. The number of alkyl halides is 3. The van der Waals surface area contributed by atoms with Gasteiger partial charge in [-0.25, -0.2) is 15.1 Å². The van der Waals surface area contributed by atoms with E-state index in [-0.39, 0.29) is 44.6 Å². The van der Waals surface area contributed by atoms with E-state index in [0.29, 0.717) is 24.1 Å². The van der Waals surface area contributed by atoms with Crippen LogP contribution in [-0.2, 0) is 31.8 Å². The van der Waals surface area contributed by atoms with Gasteiger partial charge >= 0.3 is 16.5 Å². The van der Waals surface area contributed by atoms with Crippen LogP contribution in [0.5, 0.6) is 0 Å². The molecule has 2 aromatic heterocycles. The Hall–Kier alpha value is -2.56. The molecule has 2 heterocycles. The number of benzene rings is 1. The highest BCUT2D eigenvalue weighted by Crippen LogP contribution is 2.36. The van der Waals surface area contributed by atoms with Gasteiger partial charge in [0.1, 0.15) is 12.1 Å². The van der Waals surface area contributed by atoms with E-state index in [9.17, 15) is 30.9 Å². The van der Waals surface area contributed by atoms with Crippen LogP contribution in [0.1, 0.15) is 44.9 Å². The Bertz CT molecular complexity index is 1430. The van der Waals surface area contributed by atoms with Crippen molar-refractivity contribution in [1.82, 2.24) is 9.97 Å². The Kier molecular flexibility index (Phi) is 8.44. The number of halogens is 3. The third-order valence-corrected chi connectivity index (χ3v) is 9.13. The van der Waals surface area contributed by atoms with E-state index in [1.54, 1.807) is 6.92 Å². The monoisotopic (exact) mass is 588 g/mol. The Labute approximate surface area is 224 Å². The van der Waals surface area contributed by atoms with Gasteiger partial charge in [0.2, 0.25) is 5.78 Å². The number of hydrogen-bond acceptors (Lipinski definition) is 9. The van der Waals surface area contributed by atoms with Crippen LogP contribution in [-0.4, -0.2) is 41.4 Å². The van der Waals surface area contributed by atoms with Gasteiger partial charge in [-0.05, 0) is 44.2 Å². The molecule has 0 saturated heterocycles. The molecule has 1 aliphatic rings. The summed E-state index contributed by atoms with van der Waals surface area (Å²) in [4.78, 5) is 22.5. The molecule has 204 valence electrons. The topological polar surface area (TPSA) is 147 Å². The van der Waals surface area contributed by atoms with Crippen molar-refractivity contribution in [2.45, 2.75) is 48.2 Å². The van der Waals surface area contributed by atoms with Gasteiger partial charge in [0.15, 0.2) is 9.79 Å². The second-order valence-electron chi connectivity index (χ2n) is 8.74.